The van der Waals surface area contributed by atoms with Gasteiger partial charge in [-0.05, 0) is 50.1 Å². The SMILES string of the molecule is CCCCNC(=O)c1cc2ccc(OC(=O)COc3ccc(C)cc3C)cc2oc1=O. The summed E-state index contributed by atoms with van der Waals surface area (Å²) in [6.07, 6.45) is 1.76. The molecule has 1 N–H and O–H groups in total. The van der Waals surface area contributed by atoms with Crippen LogP contribution in [0.25, 0.3) is 11.0 Å². The number of fused-ring (bicyclic) bond motifs is 1. The van der Waals surface area contributed by atoms with E-state index in [1.54, 1.807) is 18.2 Å². The highest BCUT2D eigenvalue weighted by molar-refractivity contribution is 5.96. The largest absolute Gasteiger partial charge is 0.482 e. The van der Waals surface area contributed by atoms with Crippen LogP contribution in [0.3, 0.4) is 0 Å². The van der Waals surface area contributed by atoms with Gasteiger partial charge in [-0.2, -0.15) is 0 Å². The lowest BCUT2D eigenvalue weighted by atomic mass is 10.1. The zero-order valence-corrected chi connectivity index (χ0v) is 17.8. The molecule has 1 heterocycles. The molecule has 0 aliphatic rings. The summed E-state index contributed by atoms with van der Waals surface area (Å²) >= 11 is 0. The van der Waals surface area contributed by atoms with Crippen LogP contribution in [0.5, 0.6) is 11.5 Å². The van der Waals surface area contributed by atoms with Gasteiger partial charge < -0.3 is 19.2 Å². The molecule has 31 heavy (non-hydrogen) atoms. The highest BCUT2D eigenvalue weighted by atomic mass is 16.6. The zero-order chi connectivity index (χ0) is 22.4. The number of ether oxygens (including phenoxy) is 2. The van der Waals surface area contributed by atoms with Crippen molar-refractivity contribution in [1.29, 1.82) is 0 Å². The number of carbonyl (C=O) groups is 2. The Morgan fingerprint density at radius 2 is 1.87 bits per heavy atom. The molecule has 0 unspecified atom stereocenters. The number of esters is 1. The molecule has 3 rings (SSSR count). The lowest BCUT2D eigenvalue weighted by molar-refractivity contribution is -0.136. The predicted molar refractivity (Wildman–Crippen MR) is 117 cm³/mol. The standard InChI is InChI=1S/C24H25NO6/c1-4-5-10-25-23(27)19-12-17-7-8-18(13-21(17)31-24(19)28)30-22(26)14-29-20-9-6-15(2)11-16(20)3/h6-9,11-13H,4-5,10,14H2,1-3H3,(H,25,27). The summed E-state index contributed by atoms with van der Waals surface area (Å²) in [6.45, 7) is 6.12. The van der Waals surface area contributed by atoms with Gasteiger partial charge in [0.05, 0.1) is 0 Å². The van der Waals surface area contributed by atoms with Crippen molar-refractivity contribution in [3.05, 3.63) is 69.6 Å². The first-order valence-electron chi connectivity index (χ1n) is 10.1. The number of hydrogen-bond acceptors (Lipinski definition) is 6. The Morgan fingerprint density at radius 3 is 2.61 bits per heavy atom. The maximum atomic E-state index is 12.2. The van der Waals surface area contributed by atoms with E-state index in [-0.39, 0.29) is 23.5 Å². The Bertz CT molecular complexity index is 1160. The van der Waals surface area contributed by atoms with E-state index in [0.717, 1.165) is 24.0 Å². The molecular weight excluding hydrogens is 398 g/mol. The van der Waals surface area contributed by atoms with E-state index in [0.29, 0.717) is 17.7 Å². The number of benzene rings is 2. The molecule has 7 nitrogen and oxygen atoms in total. The Kier molecular flexibility index (Phi) is 7.07. The Labute approximate surface area is 180 Å². The fraction of sp³-hybridized carbons (Fsp3) is 0.292. The smallest absolute Gasteiger partial charge is 0.349 e. The minimum atomic E-state index is -0.747. The zero-order valence-electron chi connectivity index (χ0n) is 17.8. The number of amides is 1. The Hall–Kier alpha value is -3.61. The van der Waals surface area contributed by atoms with Crippen molar-refractivity contribution >= 4 is 22.8 Å². The Morgan fingerprint density at radius 1 is 1.06 bits per heavy atom. The van der Waals surface area contributed by atoms with Crippen molar-refractivity contribution in [1.82, 2.24) is 5.32 Å². The fourth-order valence-electron chi connectivity index (χ4n) is 3.05. The van der Waals surface area contributed by atoms with E-state index in [1.807, 2.05) is 32.9 Å². The monoisotopic (exact) mass is 423 g/mol. The maximum absolute atomic E-state index is 12.2. The third kappa shape index (κ3) is 5.72. The van der Waals surface area contributed by atoms with Crippen molar-refractivity contribution in [3.8, 4) is 11.5 Å². The molecule has 7 heteroatoms. The van der Waals surface area contributed by atoms with Crippen LogP contribution < -0.4 is 20.4 Å². The molecule has 0 radical (unpaired) electrons. The van der Waals surface area contributed by atoms with E-state index < -0.39 is 17.5 Å². The maximum Gasteiger partial charge on any atom is 0.349 e. The first-order chi connectivity index (χ1) is 14.9. The van der Waals surface area contributed by atoms with Gasteiger partial charge in [0.1, 0.15) is 22.6 Å². The number of rotatable bonds is 8. The second-order valence-electron chi connectivity index (χ2n) is 7.29. The summed E-state index contributed by atoms with van der Waals surface area (Å²) in [5, 5.41) is 3.24. The highest BCUT2D eigenvalue weighted by Gasteiger charge is 2.14. The van der Waals surface area contributed by atoms with Crippen molar-refractivity contribution in [2.75, 3.05) is 13.2 Å². The molecule has 0 bridgehead atoms. The summed E-state index contributed by atoms with van der Waals surface area (Å²) in [5.41, 5.74) is 1.44. The van der Waals surface area contributed by atoms with Crippen LogP contribution in [0, 0.1) is 13.8 Å². The molecular formula is C24H25NO6. The molecule has 0 fully saturated rings. The molecule has 0 spiro atoms. The van der Waals surface area contributed by atoms with Crippen molar-refractivity contribution in [2.24, 2.45) is 0 Å². The van der Waals surface area contributed by atoms with Crippen LogP contribution in [0.4, 0.5) is 0 Å². The van der Waals surface area contributed by atoms with Gasteiger partial charge in [0.2, 0.25) is 0 Å². The quantitative estimate of drug-likeness (QED) is 0.255. The van der Waals surface area contributed by atoms with Crippen molar-refractivity contribution < 1.29 is 23.5 Å². The summed E-state index contributed by atoms with van der Waals surface area (Å²) in [4.78, 5) is 36.5. The average Bonchev–Trinajstić information content (AvgIpc) is 2.72. The molecule has 0 atom stereocenters. The van der Waals surface area contributed by atoms with Gasteiger partial charge in [-0.25, -0.2) is 9.59 Å². The lowest BCUT2D eigenvalue weighted by Crippen LogP contribution is -2.28. The van der Waals surface area contributed by atoms with Crippen LogP contribution in [-0.4, -0.2) is 25.0 Å². The minimum absolute atomic E-state index is 0.0600. The first-order valence-corrected chi connectivity index (χ1v) is 10.1. The van der Waals surface area contributed by atoms with E-state index in [9.17, 15) is 14.4 Å². The topological polar surface area (TPSA) is 94.8 Å². The molecule has 1 aromatic heterocycles. The molecule has 1 amide bonds. The third-order valence-electron chi connectivity index (χ3n) is 4.68. The molecule has 0 aliphatic heterocycles. The number of nitrogens with one attached hydrogen (secondary N) is 1. The number of aryl methyl sites for hydroxylation is 2. The molecule has 0 aliphatic carbocycles. The normalized spacial score (nSPS) is 10.7. The third-order valence-corrected chi connectivity index (χ3v) is 4.68. The molecule has 162 valence electrons. The number of carbonyl (C=O) groups excluding carboxylic acids is 2. The van der Waals surface area contributed by atoms with Gasteiger partial charge in [-0.15, -0.1) is 0 Å². The summed E-state index contributed by atoms with van der Waals surface area (Å²) in [6, 6.07) is 11.8. The van der Waals surface area contributed by atoms with Crippen molar-refractivity contribution in [3.63, 3.8) is 0 Å². The van der Waals surface area contributed by atoms with Gasteiger partial charge in [0, 0.05) is 18.0 Å². The van der Waals surface area contributed by atoms with Gasteiger partial charge >= 0.3 is 11.6 Å². The summed E-state index contributed by atoms with van der Waals surface area (Å²) in [7, 11) is 0. The average molecular weight is 423 g/mol. The second-order valence-corrected chi connectivity index (χ2v) is 7.29. The first kappa shape index (κ1) is 22.1. The highest BCUT2D eigenvalue weighted by Crippen LogP contribution is 2.22. The van der Waals surface area contributed by atoms with Crippen LogP contribution in [0.1, 0.15) is 41.3 Å². The van der Waals surface area contributed by atoms with Crippen LogP contribution in [-0.2, 0) is 4.79 Å². The molecule has 3 aromatic rings. The lowest BCUT2D eigenvalue weighted by Gasteiger charge is -2.10. The van der Waals surface area contributed by atoms with E-state index in [2.05, 4.69) is 5.32 Å². The van der Waals surface area contributed by atoms with Gasteiger partial charge in [-0.1, -0.05) is 31.0 Å². The summed E-state index contributed by atoms with van der Waals surface area (Å²) < 4.78 is 16.1. The van der Waals surface area contributed by atoms with Gasteiger partial charge in [0.25, 0.3) is 5.91 Å². The minimum Gasteiger partial charge on any atom is -0.482 e. The van der Waals surface area contributed by atoms with Crippen LogP contribution in [0.15, 0.2) is 51.7 Å². The van der Waals surface area contributed by atoms with E-state index in [4.69, 9.17) is 13.9 Å². The second kappa shape index (κ2) is 9.93. The van der Waals surface area contributed by atoms with Gasteiger partial charge in [-0.3, -0.25) is 4.79 Å². The molecule has 0 saturated carbocycles. The van der Waals surface area contributed by atoms with Crippen LogP contribution >= 0.6 is 0 Å². The number of hydrogen-bond donors (Lipinski definition) is 1. The van der Waals surface area contributed by atoms with Crippen LogP contribution in [0.2, 0.25) is 0 Å². The Balaban J connectivity index is 1.67. The van der Waals surface area contributed by atoms with E-state index >= 15 is 0 Å². The fourth-order valence-corrected chi connectivity index (χ4v) is 3.05. The molecule has 0 saturated heterocycles. The predicted octanol–water partition coefficient (Wildman–Crippen LogP) is 3.92. The summed E-state index contributed by atoms with van der Waals surface area (Å²) in [5.74, 6) is -0.237. The van der Waals surface area contributed by atoms with E-state index in [1.165, 1.54) is 12.1 Å². The van der Waals surface area contributed by atoms with Gasteiger partial charge in [0.15, 0.2) is 6.61 Å². The van der Waals surface area contributed by atoms with Crippen molar-refractivity contribution in [2.45, 2.75) is 33.6 Å². The molecule has 2 aromatic carbocycles. The number of unbranched alkanes of at least 4 members (excludes halogenated alkanes) is 1.